The van der Waals surface area contributed by atoms with E-state index in [0.29, 0.717) is 6.61 Å². The second-order valence-electron chi connectivity index (χ2n) is 3.42. The summed E-state index contributed by atoms with van der Waals surface area (Å²) in [4.78, 5) is 22.1. The fourth-order valence-corrected chi connectivity index (χ4v) is 1.33. The molecular weight excluding hydrogens is 172 g/mol. The van der Waals surface area contributed by atoms with Crippen molar-refractivity contribution in [3.8, 4) is 0 Å². The quantitative estimate of drug-likeness (QED) is 0.614. The Bertz CT molecular complexity index is 224. The summed E-state index contributed by atoms with van der Waals surface area (Å²) in [5.41, 5.74) is -1.01. The van der Waals surface area contributed by atoms with Crippen molar-refractivity contribution in [3.05, 3.63) is 0 Å². The zero-order valence-electron chi connectivity index (χ0n) is 8.12. The molecule has 0 bridgehead atoms. The average molecular weight is 186 g/mol. The molecular formula is C9H14O4. The Morgan fingerprint density at radius 2 is 2.23 bits per heavy atom. The first-order chi connectivity index (χ1) is 6.03. The van der Waals surface area contributed by atoms with Crippen molar-refractivity contribution in [2.24, 2.45) is 5.92 Å². The Balaban J connectivity index is 2.69. The van der Waals surface area contributed by atoms with Gasteiger partial charge in [0.15, 0.2) is 0 Å². The van der Waals surface area contributed by atoms with Gasteiger partial charge in [0, 0.05) is 5.92 Å². The van der Waals surface area contributed by atoms with Gasteiger partial charge in [-0.1, -0.05) is 13.8 Å². The van der Waals surface area contributed by atoms with E-state index in [1.165, 1.54) is 0 Å². The molecule has 0 aromatic heterocycles. The van der Waals surface area contributed by atoms with Crippen LogP contribution in [0.4, 0.5) is 0 Å². The minimum Gasteiger partial charge on any atom is -0.463 e. The third-order valence-electron chi connectivity index (χ3n) is 2.26. The molecule has 74 valence electrons. The highest BCUT2D eigenvalue weighted by Gasteiger charge is 2.56. The van der Waals surface area contributed by atoms with Gasteiger partial charge in [-0.3, -0.25) is 4.79 Å². The van der Waals surface area contributed by atoms with Crippen LogP contribution in [0.1, 0.15) is 27.2 Å². The van der Waals surface area contributed by atoms with E-state index in [-0.39, 0.29) is 18.3 Å². The molecule has 4 nitrogen and oxygen atoms in total. The summed E-state index contributed by atoms with van der Waals surface area (Å²) in [5, 5.41) is 0. The normalized spacial score (nSPS) is 26.6. The summed E-state index contributed by atoms with van der Waals surface area (Å²) in [6, 6.07) is 0. The van der Waals surface area contributed by atoms with Gasteiger partial charge in [0.1, 0.15) is 0 Å². The molecule has 1 atom stereocenters. The molecule has 0 amide bonds. The number of hydrogen-bond acceptors (Lipinski definition) is 4. The van der Waals surface area contributed by atoms with E-state index in [9.17, 15) is 9.59 Å². The standard InChI is InChI=1S/C9H14O4/c1-4-12-8(11)9(6(2)3)5-7(10)13-9/h6H,4-5H2,1-3H3/t9-/m1/s1. The molecule has 0 aromatic rings. The Morgan fingerprint density at radius 3 is 2.54 bits per heavy atom. The second kappa shape index (κ2) is 3.36. The number of carbonyl (C=O) groups is 2. The molecule has 0 unspecified atom stereocenters. The third kappa shape index (κ3) is 1.53. The van der Waals surface area contributed by atoms with Gasteiger partial charge in [0.05, 0.1) is 13.0 Å². The smallest absolute Gasteiger partial charge is 0.351 e. The Kier molecular flexibility index (Phi) is 2.59. The lowest BCUT2D eigenvalue weighted by molar-refractivity contribution is -0.215. The van der Waals surface area contributed by atoms with Crippen LogP contribution in [0.5, 0.6) is 0 Å². The monoisotopic (exact) mass is 186 g/mol. The highest BCUT2D eigenvalue weighted by molar-refractivity contribution is 5.93. The van der Waals surface area contributed by atoms with Gasteiger partial charge in [0.2, 0.25) is 5.60 Å². The van der Waals surface area contributed by atoms with E-state index in [1.54, 1.807) is 6.92 Å². The van der Waals surface area contributed by atoms with Gasteiger partial charge in [-0.2, -0.15) is 0 Å². The number of rotatable bonds is 3. The van der Waals surface area contributed by atoms with E-state index in [2.05, 4.69) is 0 Å². The molecule has 1 heterocycles. The van der Waals surface area contributed by atoms with Crippen molar-refractivity contribution >= 4 is 11.9 Å². The third-order valence-corrected chi connectivity index (χ3v) is 2.26. The van der Waals surface area contributed by atoms with E-state index in [4.69, 9.17) is 9.47 Å². The number of ether oxygens (including phenoxy) is 2. The first kappa shape index (κ1) is 10.0. The van der Waals surface area contributed by atoms with E-state index < -0.39 is 11.6 Å². The van der Waals surface area contributed by atoms with Crippen LogP contribution in [0.3, 0.4) is 0 Å². The first-order valence-corrected chi connectivity index (χ1v) is 4.42. The van der Waals surface area contributed by atoms with Crippen LogP contribution in [-0.4, -0.2) is 24.1 Å². The van der Waals surface area contributed by atoms with Gasteiger partial charge in [-0.05, 0) is 6.92 Å². The lowest BCUT2D eigenvalue weighted by Gasteiger charge is -2.40. The zero-order chi connectivity index (χ0) is 10.1. The molecule has 0 aromatic carbocycles. The summed E-state index contributed by atoms with van der Waals surface area (Å²) in [6.07, 6.45) is 0.142. The van der Waals surface area contributed by atoms with Gasteiger partial charge in [0.25, 0.3) is 0 Å². The highest BCUT2D eigenvalue weighted by atomic mass is 16.6. The SMILES string of the molecule is CCOC(=O)[C@]1(C(C)C)CC(=O)O1. The van der Waals surface area contributed by atoms with Crippen molar-refractivity contribution < 1.29 is 19.1 Å². The van der Waals surface area contributed by atoms with E-state index in [0.717, 1.165) is 0 Å². The average Bonchev–Trinajstić information content (AvgIpc) is 1.98. The van der Waals surface area contributed by atoms with Gasteiger partial charge < -0.3 is 9.47 Å². The highest BCUT2D eigenvalue weighted by Crippen LogP contribution is 2.36. The Hall–Kier alpha value is -1.06. The minimum absolute atomic E-state index is 0.0377. The molecule has 1 aliphatic rings. The lowest BCUT2D eigenvalue weighted by Crippen LogP contribution is -2.58. The molecule has 0 N–H and O–H groups in total. The summed E-state index contributed by atoms with van der Waals surface area (Å²) in [5.74, 6) is -0.796. The maximum absolute atomic E-state index is 11.4. The Morgan fingerprint density at radius 1 is 1.69 bits per heavy atom. The van der Waals surface area contributed by atoms with Gasteiger partial charge in [-0.25, -0.2) is 4.79 Å². The second-order valence-corrected chi connectivity index (χ2v) is 3.42. The predicted octanol–water partition coefficient (Wildman–Crippen LogP) is 0.891. The van der Waals surface area contributed by atoms with Crippen LogP contribution in [0, 0.1) is 5.92 Å². The molecule has 4 heteroatoms. The predicted molar refractivity (Wildman–Crippen MR) is 44.9 cm³/mol. The maximum atomic E-state index is 11.4. The van der Waals surface area contributed by atoms with E-state index in [1.807, 2.05) is 13.8 Å². The summed E-state index contributed by atoms with van der Waals surface area (Å²) < 4.78 is 9.73. The van der Waals surface area contributed by atoms with Gasteiger partial charge in [-0.15, -0.1) is 0 Å². The molecule has 1 saturated heterocycles. The number of hydrogen-bond donors (Lipinski definition) is 0. The summed E-state index contributed by atoms with van der Waals surface area (Å²) in [6.45, 7) is 5.71. The van der Waals surface area contributed by atoms with Crippen molar-refractivity contribution in [3.63, 3.8) is 0 Å². The summed E-state index contributed by atoms with van der Waals surface area (Å²) >= 11 is 0. The molecule has 1 aliphatic heterocycles. The first-order valence-electron chi connectivity index (χ1n) is 4.42. The molecule has 0 saturated carbocycles. The fraction of sp³-hybridized carbons (Fsp3) is 0.778. The number of carbonyl (C=O) groups excluding carboxylic acids is 2. The van der Waals surface area contributed by atoms with Crippen LogP contribution < -0.4 is 0 Å². The molecule has 0 spiro atoms. The number of esters is 2. The lowest BCUT2D eigenvalue weighted by atomic mass is 9.83. The minimum atomic E-state index is -1.01. The molecule has 1 rings (SSSR count). The molecule has 13 heavy (non-hydrogen) atoms. The van der Waals surface area contributed by atoms with Crippen molar-refractivity contribution in [1.29, 1.82) is 0 Å². The van der Waals surface area contributed by atoms with Crippen LogP contribution in [-0.2, 0) is 19.1 Å². The topological polar surface area (TPSA) is 52.6 Å². The van der Waals surface area contributed by atoms with Crippen molar-refractivity contribution in [2.75, 3.05) is 6.61 Å². The van der Waals surface area contributed by atoms with E-state index >= 15 is 0 Å². The zero-order valence-corrected chi connectivity index (χ0v) is 8.12. The van der Waals surface area contributed by atoms with Gasteiger partial charge >= 0.3 is 11.9 Å². The summed E-state index contributed by atoms with van der Waals surface area (Å²) in [7, 11) is 0. The maximum Gasteiger partial charge on any atom is 0.351 e. The fourth-order valence-electron chi connectivity index (χ4n) is 1.33. The molecule has 0 radical (unpaired) electrons. The van der Waals surface area contributed by atoms with Crippen molar-refractivity contribution in [1.82, 2.24) is 0 Å². The Labute approximate surface area is 77.2 Å². The van der Waals surface area contributed by atoms with Crippen molar-refractivity contribution in [2.45, 2.75) is 32.8 Å². The van der Waals surface area contributed by atoms with Crippen LogP contribution in [0.25, 0.3) is 0 Å². The number of cyclic esters (lactones) is 1. The van der Waals surface area contributed by atoms with Crippen LogP contribution in [0.15, 0.2) is 0 Å². The van der Waals surface area contributed by atoms with Crippen LogP contribution >= 0.6 is 0 Å². The largest absolute Gasteiger partial charge is 0.463 e. The van der Waals surface area contributed by atoms with Crippen LogP contribution in [0.2, 0.25) is 0 Å². The molecule has 1 fully saturated rings. The molecule has 0 aliphatic carbocycles.